The average Bonchev–Trinajstić information content (AvgIpc) is 2.04. The Morgan fingerprint density at radius 2 is 1.23 bits per heavy atom. The van der Waals surface area contributed by atoms with E-state index in [-0.39, 0.29) is 7.43 Å². The summed E-state index contributed by atoms with van der Waals surface area (Å²) in [5, 5.41) is 0. The molecule has 0 saturated heterocycles. The molecular formula is C13H28. The fourth-order valence-corrected chi connectivity index (χ4v) is 2.48. The van der Waals surface area contributed by atoms with Crippen molar-refractivity contribution in [3.8, 4) is 0 Å². The van der Waals surface area contributed by atoms with Crippen molar-refractivity contribution in [2.24, 2.45) is 23.7 Å². The smallest absolute Gasteiger partial charge is 0.0388 e. The fourth-order valence-electron chi connectivity index (χ4n) is 2.48. The van der Waals surface area contributed by atoms with E-state index in [9.17, 15) is 0 Å². The van der Waals surface area contributed by atoms with Gasteiger partial charge in [0.1, 0.15) is 0 Å². The van der Waals surface area contributed by atoms with E-state index in [2.05, 4.69) is 27.7 Å². The molecule has 0 aromatic carbocycles. The first kappa shape index (κ1) is 13.0. The topological polar surface area (TPSA) is 0 Å². The summed E-state index contributed by atoms with van der Waals surface area (Å²) >= 11 is 0. The molecule has 0 unspecified atom stereocenters. The molecule has 0 bridgehead atoms. The Kier molecular flexibility index (Phi) is 5.67. The lowest BCUT2D eigenvalue weighted by Gasteiger charge is -2.33. The van der Waals surface area contributed by atoms with Crippen molar-refractivity contribution in [2.75, 3.05) is 0 Å². The van der Waals surface area contributed by atoms with Crippen molar-refractivity contribution in [1.82, 2.24) is 0 Å². The van der Waals surface area contributed by atoms with E-state index in [1.807, 2.05) is 0 Å². The molecule has 0 radical (unpaired) electrons. The highest BCUT2D eigenvalue weighted by atomic mass is 14.3. The molecule has 80 valence electrons. The third kappa shape index (κ3) is 3.70. The van der Waals surface area contributed by atoms with E-state index in [0.29, 0.717) is 0 Å². The molecule has 0 aromatic heterocycles. The van der Waals surface area contributed by atoms with Gasteiger partial charge in [-0.05, 0) is 30.1 Å². The summed E-state index contributed by atoms with van der Waals surface area (Å²) in [7, 11) is 0. The minimum Gasteiger partial charge on any atom is -0.0776 e. The van der Waals surface area contributed by atoms with Gasteiger partial charge in [-0.15, -0.1) is 0 Å². The van der Waals surface area contributed by atoms with Crippen LogP contribution in [-0.4, -0.2) is 0 Å². The summed E-state index contributed by atoms with van der Waals surface area (Å²) in [6.45, 7) is 9.53. The third-order valence-corrected chi connectivity index (χ3v) is 3.64. The average molecular weight is 184 g/mol. The molecule has 13 heavy (non-hydrogen) atoms. The van der Waals surface area contributed by atoms with Gasteiger partial charge in [0.15, 0.2) is 0 Å². The van der Waals surface area contributed by atoms with Crippen LogP contribution in [0.1, 0.15) is 60.8 Å². The SMILES string of the molecule is C.CC(C)[C@@H]1CCC[C@@H](C(C)C)C1. The Bertz CT molecular complexity index is 110. The van der Waals surface area contributed by atoms with Crippen molar-refractivity contribution in [3.05, 3.63) is 0 Å². The second-order valence-corrected chi connectivity index (χ2v) is 5.17. The zero-order chi connectivity index (χ0) is 9.14. The molecule has 2 atom stereocenters. The first-order valence-corrected chi connectivity index (χ1v) is 5.61. The van der Waals surface area contributed by atoms with Crippen LogP contribution in [0.2, 0.25) is 0 Å². The fraction of sp³-hybridized carbons (Fsp3) is 1.00. The highest BCUT2D eigenvalue weighted by molar-refractivity contribution is 4.76. The molecule has 0 nitrogen and oxygen atoms in total. The van der Waals surface area contributed by atoms with Crippen LogP contribution in [0.5, 0.6) is 0 Å². The molecule has 1 fully saturated rings. The van der Waals surface area contributed by atoms with Crippen LogP contribution in [0.25, 0.3) is 0 Å². The maximum absolute atomic E-state index is 2.38. The predicted molar refractivity (Wildman–Crippen MR) is 61.9 cm³/mol. The lowest BCUT2D eigenvalue weighted by atomic mass is 9.72. The molecule has 0 amide bonds. The zero-order valence-electron chi connectivity index (χ0n) is 9.14. The molecular weight excluding hydrogens is 156 g/mol. The highest BCUT2D eigenvalue weighted by Gasteiger charge is 2.25. The molecule has 0 spiro atoms. The Hall–Kier alpha value is 0. The maximum Gasteiger partial charge on any atom is -0.0388 e. The lowest BCUT2D eigenvalue weighted by molar-refractivity contribution is 0.177. The second-order valence-electron chi connectivity index (χ2n) is 5.17. The van der Waals surface area contributed by atoms with Crippen molar-refractivity contribution in [2.45, 2.75) is 60.8 Å². The molecule has 0 heteroatoms. The van der Waals surface area contributed by atoms with E-state index in [1.54, 1.807) is 0 Å². The van der Waals surface area contributed by atoms with Crippen molar-refractivity contribution >= 4 is 0 Å². The molecule has 0 N–H and O–H groups in total. The standard InChI is InChI=1S/C12H24.CH4/c1-9(2)11-6-5-7-12(8-11)10(3)4;/h9-12H,5-8H2,1-4H3;1H4/t11-,12-;/m1./s1. The van der Waals surface area contributed by atoms with Gasteiger partial charge >= 0.3 is 0 Å². The quantitative estimate of drug-likeness (QED) is 0.581. The van der Waals surface area contributed by atoms with Crippen LogP contribution in [0, 0.1) is 23.7 Å². The minimum absolute atomic E-state index is 0. The summed E-state index contributed by atoms with van der Waals surface area (Å²) in [6.07, 6.45) is 5.95. The largest absolute Gasteiger partial charge is 0.0776 e. The van der Waals surface area contributed by atoms with Crippen molar-refractivity contribution in [3.63, 3.8) is 0 Å². The van der Waals surface area contributed by atoms with Crippen LogP contribution in [0.3, 0.4) is 0 Å². The molecule has 0 aromatic rings. The third-order valence-electron chi connectivity index (χ3n) is 3.64. The predicted octanol–water partition coefficient (Wildman–Crippen LogP) is 4.74. The first-order valence-electron chi connectivity index (χ1n) is 5.61. The summed E-state index contributed by atoms with van der Waals surface area (Å²) < 4.78 is 0. The Morgan fingerprint density at radius 1 is 0.846 bits per heavy atom. The Balaban J connectivity index is 0.00000144. The van der Waals surface area contributed by atoms with Crippen LogP contribution in [-0.2, 0) is 0 Å². The molecule has 0 aliphatic heterocycles. The maximum atomic E-state index is 2.38. The van der Waals surface area contributed by atoms with E-state index in [4.69, 9.17) is 0 Å². The molecule has 1 aliphatic carbocycles. The summed E-state index contributed by atoms with van der Waals surface area (Å²) in [5.41, 5.74) is 0. The van der Waals surface area contributed by atoms with Gasteiger partial charge in [-0.25, -0.2) is 0 Å². The Labute approximate surface area is 85.1 Å². The van der Waals surface area contributed by atoms with Gasteiger partial charge < -0.3 is 0 Å². The Morgan fingerprint density at radius 3 is 1.54 bits per heavy atom. The zero-order valence-corrected chi connectivity index (χ0v) is 9.14. The van der Waals surface area contributed by atoms with Gasteiger partial charge in [0.25, 0.3) is 0 Å². The van der Waals surface area contributed by atoms with Gasteiger partial charge in [-0.1, -0.05) is 54.4 Å². The number of hydrogen-bond acceptors (Lipinski definition) is 0. The van der Waals surface area contributed by atoms with Gasteiger partial charge in [-0.3, -0.25) is 0 Å². The van der Waals surface area contributed by atoms with Gasteiger partial charge in [0, 0.05) is 0 Å². The molecule has 1 aliphatic rings. The van der Waals surface area contributed by atoms with Crippen LogP contribution >= 0.6 is 0 Å². The monoisotopic (exact) mass is 184 g/mol. The number of hydrogen-bond donors (Lipinski definition) is 0. The van der Waals surface area contributed by atoms with Crippen LogP contribution < -0.4 is 0 Å². The van der Waals surface area contributed by atoms with E-state index >= 15 is 0 Å². The second kappa shape index (κ2) is 5.67. The van der Waals surface area contributed by atoms with Crippen molar-refractivity contribution in [1.29, 1.82) is 0 Å². The molecule has 1 rings (SSSR count). The first-order chi connectivity index (χ1) is 5.61. The van der Waals surface area contributed by atoms with Crippen LogP contribution in [0.15, 0.2) is 0 Å². The minimum atomic E-state index is 0. The van der Waals surface area contributed by atoms with Crippen LogP contribution in [0.4, 0.5) is 0 Å². The van der Waals surface area contributed by atoms with E-state index in [1.165, 1.54) is 25.7 Å². The molecule has 0 heterocycles. The van der Waals surface area contributed by atoms with Gasteiger partial charge in [0.05, 0.1) is 0 Å². The van der Waals surface area contributed by atoms with Gasteiger partial charge in [-0.2, -0.15) is 0 Å². The number of rotatable bonds is 2. The summed E-state index contributed by atoms with van der Waals surface area (Å²) in [6, 6.07) is 0. The molecule has 1 saturated carbocycles. The van der Waals surface area contributed by atoms with E-state index < -0.39 is 0 Å². The van der Waals surface area contributed by atoms with E-state index in [0.717, 1.165) is 23.7 Å². The lowest BCUT2D eigenvalue weighted by Crippen LogP contribution is -2.22. The summed E-state index contributed by atoms with van der Waals surface area (Å²) in [4.78, 5) is 0. The van der Waals surface area contributed by atoms with Crippen molar-refractivity contribution < 1.29 is 0 Å². The highest BCUT2D eigenvalue weighted by Crippen LogP contribution is 2.36. The summed E-state index contributed by atoms with van der Waals surface area (Å²) in [5.74, 6) is 3.86. The van der Waals surface area contributed by atoms with Gasteiger partial charge in [0.2, 0.25) is 0 Å². The normalized spacial score (nSPS) is 29.1.